The van der Waals surface area contributed by atoms with Crippen molar-refractivity contribution in [2.24, 2.45) is 20.0 Å². The number of fused-ring (bicyclic) bond motifs is 1. The highest BCUT2D eigenvalue weighted by Gasteiger charge is 2.16. The Hall–Kier alpha value is -2.87. The van der Waals surface area contributed by atoms with E-state index in [0.717, 1.165) is 28.1 Å². The first-order valence-electron chi connectivity index (χ1n) is 10.4. The summed E-state index contributed by atoms with van der Waals surface area (Å²) in [5, 5.41) is 8.40. The van der Waals surface area contributed by atoms with Crippen molar-refractivity contribution >= 4 is 17.7 Å². The first-order chi connectivity index (χ1) is 14.6. The fourth-order valence-electron chi connectivity index (χ4n) is 2.95. The second kappa shape index (κ2) is 12.1. The molecule has 0 bridgehead atoms. The van der Waals surface area contributed by atoms with Crippen molar-refractivity contribution in [3.63, 3.8) is 0 Å². The molecule has 0 saturated carbocycles. The van der Waals surface area contributed by atoms with Crippen molar-refractivity contribution < 1.29 is 9.53 Å². The molecule has 0 fully saturated rings. The molecule has 172 valence electrons. The lowest BCUT2D eigenvalue weighted by Crippen LogP contribution is -2.43. The van der Waals surface area contributed by atoms with E-state index in [0.29, 0.717) is 18.3 Å². The van der Waals surface area contributed by atoms with Crippen molar-refractivity contribution in [3.05, 3.63) is 50.8 Å². The molecule has 1 N–H and O–H groups in total. The van der Waals surface area contributed by atoms with Crippen LogP contribution in [0.1, 0.15) is 45.4 Å². The van der Waals surface area contributed by atoms with Crippen molar-refractivity contribution in [1.82, 2.24) is 24.2 Å². The third-order valence-electron chi connectivity index (χ3n) is 4.46. The van der Waals surface area contributed by atoms with E-state index in [9.17, 15) is 9.59 Å². The lowest BCUT2D eigenvalue weighted by Gasteiger charge is -2.05. The van der Waals surface area contributed by atoms with E-state index in [1.165, 1.54) is 9.13 Å². The molecule has 0 aromatic carbocycles. The van der Waals surface area contributed by atoms with Gasteiger partial charge in [0.15, 0.2) is 0 Å². The maximum Gasteiger partial charge on any atom is 0.337 e. The van der Waals surface area contributed by atoms with Crippen LogP contribution in [0.25, 0.3) is 11.6 Å². The number of methoxy groups -OCH3 is 1. The lowest BCUT2D eigenvalue weighted by atomic mass is 10.2. The molecule has 1 aliphatic carbocycles. The molecule has 3 rings (SSSR count). The number of imidazole rings is 1. The van der Waals surface area contributed by atoms with Crippen molar-refractivity contribution in [2.45, 2.75) is 47.6 Å². The quantitative estimate of drug-likeness (QED) is 0.786. The molecule has 8 heteroatoms. The van der Waals surface area contributed by atoms with E-state index >= 15 is 0 Å². The fraction of sp³-hybridized carbons (Fsp3) is 0.522. The molecule has 0 unspecified atom stereocenters. The number of carbonyl (C=O) groups excluding carboxylic acids is 1. The van der Waals surface area contributed by atoms with E-state index in [2.05, 4.69) is 35.9 Å². The summed E-state index contributed by atoms with van der Waals surface area (Å²) in [6, 6.07) is -0.425. The molecule has 1 aliphatic rings. The topological polar surface area (TPSA) is 83.1 Å². The third-order valence-corrected chi connectivity index (χ3v) is 4.46. The molecule has 0 radical (unpaired) electrons. The van der Waals surface area contributed by atoms with E-state index in [1.54, 1.807) is 32.1 Å². The molecule has 0 atom stereocenters. The average Bonchev–Trinajstić information content (AvgIpc) is 3.04. The van der Waals surface area contributed by atoms with E-state index in [4.69, 9.17) is 0 Å². The highest BCUT2D eigenvalue weighted by Crippen LogP contribution is 2.04. The van der Waals surface area contributed by atoms with Gasteiger partial charge in [0.05, 0.1) is 16.9 Å². The van der Waals surface area contributed by atoms with Gasteiger partial charge >= 0.3 is 11.7 Å². The minimum Gasteiger partial charge on any atom is -0.388 e. The van der Waals surface area contributed by atoms with Crippen molar-refractivity contribution in [1.29, 1.82) is 0 Å². The van der Waals surface area contributed by atoms with Crippen molar-refractivity contribution in [3.8, 4) is 0 Å². The summed E-state index contributed by atoms with van der Waals surface area (Å²) < 4.78 is 8.73. The van der Waals surface area contributed by atoms with Gasteiger partial charge in [0, 0.05) is 46.1 Å². The van der Waals surface area contributed by atoms with Crippen LogP contribution < -0.4 is 21.7 Å². The van der Waals surface area contributed by atoms with Gasteiger partial charge in [-0.25, -0.2) is 14.2 Å². The predicted octanol–water partition coefficient (Wildman–Crippen LogP) is 1.82. The summed E-state index contributed by atoms with van der Waals surface area (Å²) in [7, 11) is 6.79. The maximum absolute atomic E-state index is 12.6. The van der Waals surface area contributed by atoms with Gasteiger partial charge in [-0.3, -0.25) is 9.25 Å². The number of ether oxygens (including phenoxy) is 1. The van der Waals surface area contributed by atoms with E-state index in [1.807, 2.05) is 39.1 Å². The first kappa shape index (κ1) is 26.2. The molecule has 8 nitrogen and oxygen atoms in total. The maximum atomic E-state index is 12.6. The highest BCUT2D eigenvalue weighted by molar-refractivity contribution is 5.77. The monoisotopic (exact) mass is 431 g/mol. The zero-order chi connectivity index (χ0) is 23.7. The third kappa shape index (κ3) is 6.82. The molecule has 0 spiro atoms. The Morgan fingerprint density at radius 2 is 1.81 bits per heavy atom. The van der Waals surface area contributed by atoms with Crippen LogP contribution in [-0.4, -0.2) is 39.2 Å². The number of nitrogens with one attached hydrogen (secondary N) is 1. The summed E-state index contributed by atoms with van der Waals surface area (Å²) >= 11 is 0. The summed E-state index contributed by atoms with van der Waals surface area (Å²) in [4.78, 5) is 25.2. The number of hydrogen-bond donors (Lipinski definition) is 1. The first-order valence-corrected chi connectivity index (χ1v) is 10.4. The zero-order valence-electron chi connectivity index (χ0n) is 20.3. The van der Waals surface area contributed by atoms with Gasteiger partial charge in [0.25, 0.3) is 0 Å². The number of hydrogen-bond acceptors (Lipinski definition) is 4. The van der Waals surface area contributed by atoms with Crippen LogP contribution in [0.15, 0.2) is 23.1 Å². The number of nitrogens with zero attached hydrogens (tertiary/aromatic N) is 4. The average molecular weight is 432 g/mol. The minimum atomic E-state index is -0.425. The van der Waals surface area contributed by atoms with Crippen LogP contribution in [0.3, 0.4) is 0 Å². The van der Waals surface area contributed by atoms with Crippen LogP contribution >= 0.6 is 0 Å². The largest absolute Gasteiger partial charge is 0.388 e. The molecule has 0 saturated heterocycles. The molecular weight excluding hydrogens is 394 g/mol. The zero-order valence-corrected chi connectivity index (χ0v) is 20.3. The van der Waals surface area contributed by atoms with Crippen LogP contribution in [0.4, 0.5) is 4.79 Å². The Morgan fingerprint density at radius 1 is 1.23 bits per heavy atom. The molecule has 31 heavy (non-hydrogen) atoms. The van der Waals surface area contributed by atoms with Crippen LogP contribution in [-0.2, 0) is 25.4 Å². The fourth-order valence-corrected chi connectivity index (χ4v) is 2.95. The summed E-state index contributed by atoms with van der Waals surface area (Å²) in [6.45, 7) is 10.7. The normalized spacial score (nSPS) is 12.1. The standard InChI is InChI=1S/C17H21N5O2.C4H10.C2H6O/c1-11-7-5-6-8-14-15(11)20(3)17(24)22(14)16(23)18-9-13-10-19-21(4)12(13)2;1-4(2)3;1-3-2/h5,7-8,10H,6,9H2,1-4H3,(H,18,23);4H,1-3H3;1-2H3. The lowest BCUT2D eigenvalue weighted by molar-refractivity contribution is 0.240. The van der Waals surface area contributed by atoms with Gasteiger partial charge in [-0.2, -0.15) is 5.10 Å². The second-order valence-electron chi connectivity index (χ2n) is 8.11. The number of aryl methyl sites for hydroxylation is 1. The number of allylic oxidation sites excluding steroid dienone is 2. The minimum absolute atomic E-state index is 0.329. The molecular formula is C23H37N5O3. The SMILES string of the molecule is CC(C)C.CC1=c2c(n(C(=O)NCc3cnn(C)c3C)c(=O)n2C)=CCC=C1.COC. The van der Waals surface area contributed by atoms with Gasteiger partial charge in [0.1, 0.15) is 0 Å². The Morgan fingerprint density at radius 3 is 2.32 bits per heavy atom. The van der Waals surface area contributed by atoms with Crippen LogP contribution in [0, 0.1) is 12.8 Å². The Kier molecular flexibility index (Phi) is 10.2. The highest BCUT2D eigenvalue weighted by atomic mass is 16.4. The number of aromatic nitrogens is 4. The predicted molar refractivity (Wildman–Crippen MR) is 125 cm³/mol. The molecule has 2 aromatic rings. The number of rotatable bonds is 2. The summed E-state index contributed by atoms with van der Waals surface area (Å²) in [5.74, 6) is 0.833. The second-order valence-corrected chi connectivity index (χ2v) is 8.11. The van der Waals surface area contributed by atoms with E-state index in [-0.39, 0.29) is 5.69 Å². The molecule has 1 amide bonds. The molecule has 2 heterocycles. The smallest absolute Gasteiger partial charge is 0.337 e. The molecule has 0 aliphatic heterocycles. The Bertz CT molecular complexity index is 1080. The Balaban J connectivity index is 0.000000604. The van der Waals surface area contributed by atoms with Gasteiger partial charge in [-0.05, 0) is 31.8 Å². The number of carbonyl (C=O) groups is 1. The Labute approximate surface area is 184 Å². The van der Waals surface area contributed by atoms with Gasteiger partial charge in [-0.1, -0.05) is 39.0 Å². The summed E-state index contributed by atoms with van der Waals surface area (Å²) in [5.41, 5.74) is 2.53. The molecule has 2 aromatic heterocycles. The van der Waals surface area contributed by atoms with E-state index < -0.39 is 6.03 Å². The van der Waals surface area contributed by atoms with Crippen LogP contribution in [0.2, 0.25) is 0 Å². The van der Waals surface area contributed by atoms with Gasteiger partial charge in [0.2, 0.25) is 0 Å². The number of amides is 1. The van der Waals surface area contributed by atoms with Crippen LogP contribution in [0.5, 0.6) is 0 Å². The van der Waals surface area contributed by atoms with Gasteiger partial charge < -0.3 is 10.1 Å². The van der Waals surface area contributed by atoms with Gasteiger partial charge in [-0.15, -0.1) is 0 Å². The summed E-state index contributed by atoms with van der Waals surface area (Å²) in [6.07, 6.45) is 8.29. The van der Waals surface area contributed by atoms with Crippen molar-refractivity contribution in [2.75, 3.05) is 14.2 Å².